The van der Waals surface area contributed by atoms with Crippen LogP contribution in [0.5, 0.6) is 0 Å². The van der Waals surface area contributed by atoms with E-state index in [9.17, 15) is 19.2 Å². The minimum Gasteiger partial charge on any atom is -0.454 e. The molecule has 1 aromatic rings. The maximum absolute atomic E-state index is 12.3. The van der Waals surface area contributed by atoms with Gasteiger partial charge in [-0.15, -0.1) is 11.3 Å². The summed E-state index contributed by atoms with van der Waals surface area (Å²) in [6.07, 6.45) is 4.81. The molecule has 1 aromatic heterocycles. The smallest absolute Gasteiger partial charge is 0.326 e. The van der Waals surface area contributed by atoms with Crippen molar-refractivity contribution in [2.24, 2.45) is 11.8 Å². The second-order valence-electron chi connectivity index (χ2n) is 6.41. The van der Waals surface area contributed by atoms with Gasteiger partial charge >= 0.3 is 5.97 Å². The first kappa shape index (κ1) is 18.3. The maximum atomic E-state index is 12.3. The first-order chi connectivity index (χ1) is 12.5. The minimum absolute atomic E-state index is 0.331. The van der Waals surface area contributed by atoms with Crippen molar-refractivity contribution in [3.8, 4) is 0 Å². The molecule has 138 valence electrons. The zero-order chi connectivity index (χ0) is 18.7. The highest BCUT2D eigenvalue weighted by Gasteiger charge is 2.47. The van der Waals surface area contributed by atoms with Gasteiger partial charge in [-0.2, -0.15) is 0 Å². The van der Waals surface area contributed by atoms with E-state index in [-0.39, 0.29) is 29.6 Å². The number of thiophene rings is 1. The number of hydrogen-bond donors (Lipinski definition) is 0. The average Bonchev–Trinajstić information content (AvgIpc) is 3.23. The van der Waals surface area contributed by atoms with Crippen LogP contribution in [0, 0.1) is 11.8 Å². The van der Waals surface area contributed by atoms with Crippen LogP contribution in [-0.4, -0.2) is 53.7 Å². The van der Waals surface area contributed by atoms with Crippen molar-refractivity contribution < 1.29 is 23.9 Å². The molecule has 1 saturated heterocycles. The standard InChI is InChI=1S/C18H20N2O5S/c1-19(9-12-5-4-8-26-12)15(21)11-25-16(22)10-20-17(23)13-6-2-3-7-14(13)18(20)24/h2-5,8,13-14H,6-7,9-11H2,1H3. The second kappa shape index (κ2) is 7.82. The summed E-state index contributed by atoms with van der Waals surface area (Å²) < 4.78 is 4.97. The Labute approximate surface area is 155 Å². The van der Waals surface area contributed by atoms with Gasteiger partial charge in [0, 0.05) is 11.9 Å². The average molecular weight is 376 g/mol. The Bertz CT molecular complexity index is 717. The van der Waals surface area contributed by atoms with Crippen LogP contribution in [0.15, 0.2) is 29.7 Å². The summed E-state index contributed by atoms with van der Waals surface area (Å²) >= 11 is 1.54. The third-order valence-electron chi connectivity index (χ3n) is 4.64. The van der Waals surface area contributed by atoms with Crippen LogP contribution in [0.4, 0.5) is 0 Å². The molecular formula is C18H20N2O5S. The maximum Gasteiger partial charge on any atom is 0.326 e. The molecule has 0 radical (unpaired) electrons. The van der Waals surface area contributed by atoms with E-state index in [4.69, 9.17) is 4.74 Å². The molecule has 7 nitrogen and oxygen atoms in total. The van der Waals surface area contributed by atoms with Gasteiger partial charge in [0.2, 0.25) is 11.8 Å². The van der Waals surface area contributed by atoms with Gasteiger partial charge in [0.15, 0.2) is 6.61 Å². The van der Waals surface area contributed by atoms with E-state index in [1.807, 2.05) is 29.7 Å². The summed E-state index contributed by atoms with van der Waals surface area (Å²) in [5.41, 5.74) is 0. The fraction of sp³-hybridized carbons (Fsp3) is 0.444. The number of carbonyl (C=O) groups excluding carboxylic acids is 4. The third kappa shape index (κ3) is 3.85. The highest BCUT2D eigenvalue weighted by atomic mass is 32.1. The Morgan fingerprint density at radius 3 is 2.46 bits per heavy atom. The van der Waals surface area contributed by atoms with Gasteiger partial charge in [-0.1, -0.05) is 18.2 Å². The number of imide groups is 1. The third-order valence-corrected chi connectivity index (χ3v) is 5.50. The van der Waals surface area contributed by atoms with E-state index < -0.39 is 19.1 Å². The van der Waals surface area contributed by atoms with Gasteiger partial charge < -0.3 is 9.64 Å². The zero-order valence-corrected chi connectivity index (χ0v) is 15.2. The van der Waals surface area contributed by atoms with Gasteiger partial charge in [0.25, 0.3) is 5.91 Å². The van der Waals surface area contributed by atoms with Crippen LogP contribution < -0.4 is 0 Å². The largest absolute Gasteiger partial charge is 0.454 e. The monoisotopic (exact) mass is 376 g/mol. The number of allylic oxidation sites excluding steroid dienone is 2. The lowest BCUT2D eigenvalue weighted by Gasteiger charge is -2.17. The summed E-state index contributed by atoms with van der Waals surface area (Å²) in [5.74, 6) is -2.51. The van der Waals surface area contributed by atoms with Gasteiger partial charge in [-0.25, -0.2) is 0 Å². The van der Waals surface area contributed by atoms with Crippen molar-refractivity contribution in [2.45, 2.75) is 19.4 Å². The molecule has 1 aliphatic heterocycles. The molecule has 2 unspecified atom stereocenters. The molecular weight excluding hydrogens is 356 g/mol. The molecule has 3 amide bonds. The number of carbonyl (C=O) groups is 4. The number of fused-ring (bicyclic) bond motifs is 1. The van der Waals surface area contributed by atoms with Crippen LogP contribution in [0.2, 0.25) is 0 Å². The normalized spacial score (nSPS) is 21.7. The van der Waals surface area contributed by atoms with Crippen molar-refractivity contribution in [1.29, 1.82) is 0 Å². The van der Waals surface area contributed by atoms with Crippen molar-refractivity contribution in [3.05, 3.63) is 34.5 Å². The number of nitrogens with zero attached hydrogens (tertiary/aromatic N) is 2. The first-order valence-electron chi connectivity index (χ1n) is 8.39. The molecule has 1 fully saturated rings. The van der Waals surface area contributed by atoms with Crippen LogP contribution >= 0.6 is 11.3 Å². The molecule has 0 bridgehead atoms. The summed E-state index contributed by atoms with van der Waals surface area (Å²) in [5, 5.41) is 1.92. The number of likely N-dealkylation sites (N-methyl/N-ethyl adjacent to an activating group) is 1. The quantitative estimate of drug-likeness (QED) is 0.423. The molecule has 2 atom stereocenters. The van der Waals surface area contributed by atoms with Crippen molar-refractivity contribution >= 4 is 35.0 Å². The topological polar surface area (TPSA) is 84.0 Å². The van der Waals surface area contributed by atoms with Gasteiger partial charge in [-0.05, 0) is 24.3 Å². The molecule has 8 heteroatoms. The molecule has 0 aromatic carbocycles. The molecule has 0 saturated carbocycles. The molecule has 2 heterocycles. The highest BCUT2D eigenvalue weighted by Crippen LogP contribution is 2.34. The van der Waals surface area contributed by atoms with Gasteiger partial charge in [-0.3, -0.25) is 24.1 Å². The van der Waals surface area contributed by atoms with Gasteiger partial charge in [0.05, 0.1) is 18.4 Å². The van der Waals surface area contributed by atoms with E-state index in [0.717, 1.165) is 9.78 Å². The number of likely N-dealkylation sites (tertiary alicyclic amines) is 1. The molecule has 26 heavy (non-hydrogen) atoms. The first-order valence-corrected chi connectivity index (χ1v) is 9.27. The molecule has 3 rings (SSSR count). The molecule has 0 spiro atoms. The van der Waals surface area contributed by atoms with Crippen molar-refractivity contribution in [1.82, 2.24) is 9.80 Å². The lowest BCUT2D eigenvalue weighted by molar-refractivity contribution is -0.156. The number of ether oxygens (including phenoxy) is 1. The van der Waals surface area contributed by atoms with E-state index in [0.29, 0.717) is 19.4 Å². The molecule has 1 aliphatic carbocycles. The van der Waals surface area contributed by atoms with E-state index in [2.05, 4.69) is 0 Å². The Kier molecular flexibility index (Phi) is 5.51. The van der Waals surface area contributed by atoms with E-state index >= 15 is 0 Å². The number of rotatable bonds is 6. The highest BCUT2D eigenvalue weighted by molar-refractivity contribution is 7.09. The Hall–Kier alpha value is -2.48. The van der Waals surface area contributed by atoms with Crippen LogP contribution in [0.1, 0.15) is 17.7 Å². The summed E-state index contributed by atoms with van der Waals surface area (Å²) in [4.78, 5) is 52.1. The number of amides is 3. The molecule has 2 aliphatic rings. The lowest BCUT2D eigenvalue weighted by atomic mass is 9.85. The number of esters is 1. The lowest BCUT2D eigenvalue weighted by Crippen LogP contribution is -2.38. The zero-order valence-electron chi connectivity index (χ0n) is 14.4. The Morgan fingerprint density at radius 1 is 1.23 bits per heavy atom. The van der Waals surface area contributed by atoms with Crippen LogP contribution in [0.25, 0.3) is 0 Å². The van der Waals surface area contributed by atoms with E-state index in [1.54, 1.807) is 7.05 Å². The Balaban J connectivity index is 1.47. The van der Waals surface area contributed by atoms with Crippen molar-refractivity contribution in [2.75, 3.05) is 20.2 Å². The fourth-order valence-electron chi connectivity index (χ4n) is 3.18. The Morgan fingerprint density at radius 2 is 1.88 bits per heavy atom. The second-order valence-corrected chi connectivity index (χ2v) is 7.44. The summed E-state index contributed by atoms with van der Waals surface area (Å²) in [6, 6.07) is 3.81. The van der Waals surface area contributed by atoms with Gasteiger partial charge in [0.1, 0.15) is 6.54 Å². The number of hydrogen-bond acceptors (Lipinski definition) is 6. The van der Waals surface area contributed by atoms with E-state index in [1.165, 1.54) is 16.2 Å². The van der Waals surface area contributed by atoms with Crippen molar-refractivity contribution in [3.63, 3.8) is 0 Å². The van der Waals surface area contributed by atoms with Crippen LogP contribution in [-0.2, 0) is 30.5 Å². The fourth-order valence-corrected chi connectivity index (χ4v) is 3.93. The minimum atomic E-state index is -0.754. The predicted octanol–water partition coefficient (Wildman–Crippen LogP) is 1.20. The molecule has 0 N–H and O–H groups in total. The van der Waals surface area contributed by atoms with Crippen LogP contribution in [0.3, 0.4) is 0 Å². The predicted molar refractivity (Wildman–Crippen MR) is 93.8 cm³/mol. The summed E-state index contributed by atoms with van der Waals surface area (Å²) in [7, 11) is 1.63. The summed E-state index contributed by atoms with van der Waals surface area (Å²) in [6.45, 7) is -0.411. The SMILES string of the molecule is CN(Cc1cccs1)C(=O)COC(=O)CN1C(=O)C2CC=CCC2C1=O.